The largest absolute Gasteiger partial charge is 0.509 e. The van der Waals surface area contributed by atoms with E-state index >= 15 is 0 Å². The van der Waals surface area contributed by atoms with E-state index in [-0.39, 0.29) is 28.8 Å². The lowest BCUT2D eigenvalue weighted by Crippen LogP contribution is -2.41. The van der Waals surface area contributed by atoms with Gasteiger partial charge in [-0.1, -0.05) is 42.8 Å². The van der Waals surface area contributed by atoms with Gasteiger partial charge >= 0.3 is 26.0 Å². The van der Waals surface area contributed by atoms with Gasteiger partial charge in [-0.05, 0) is 51.0 Å². The molecule has 0 bridgehead atoms. The van der Waals surface area contributed by atoms with Gasteiger partial charge in [0.2, 0.25) is 0 Å². The highest BCUT2D eigenvalue weighted by Crippen LogP contribution is 2.50. The van der Waals surface area contributed by atoms with Crippen LogP contribution in [-0.4, -0.2) is 81.4 Å². The summed E-state index contributed by atoms with van der Waals surface area (Å²) in [6.45, 7) is 3.10. The highest BCUT2D eigenvalue weighted by molar-refractivity contribution is 7.52. The van der Waals surface area contributed by atoms with Crippen LogP contribution in [0.3, 0.4) is 0 Å². The summed E-state index contributed by atoms with van der Waals surface area (Å²) in [5.74, 6) is -0.254. The molecule has 270 valence electrons. The second kappa shape index (κ2) is 14.4. The Morgan fingerprint density at radius 3 is 2.57 bits per heavy atom. The summed E-state index contributed by atoms with van der Waals surface area (Å²) in [7, 11) is -3.20. The van der Waals surface area contributed by atoms with Gasteiger partial charge in [0.25, 0.3) is 0 Å². The smallest absolute Gasteiger partial charge is 0.461 e. The fourth-order valence-corrected chi connectivity index (χ4v) is 8.27. The maximum atomic E-state index is 14.8. The molecule has 0 radical (unpaired) electrons. The van der Waals surface area contributed by atoms with Crippen LogP contribution in [0.5, 0.6) is 5.75 Å². The molecule has 1 aliphatic carbocycles. The molecule has 0 spiro atoms. The molecule has 3 aliphatic rings. The molecule has 1 unspecified atom stereocenters. The van der Waals surface area contributed by atoms with Gasteiger partial charge in [0.15, 0.2) is 35.4 Å². The van der Waals surface area contributed by atoms with Crippen LogP contribution in [0.1, 0.15) is 52.2 Å². The van der Waals surface area contributed by atoms with Crippen LogP contribution in [0.2, 0.25) is 0 Å². The maximum Gasteiger partial charge on any atom is 0.509 e. The van der Waals surface area contributed by atoms with E-state index < -0.39 is 62.7 Å². The van der Waals surface area contributed by atoms with E-state index in [1.165, 1.54) is 31.3 Å². The van der Waals surface area contributed by atoms with Crippen molar-refractivity contribution in [2.45, 2.75) is 88.7 Å². The molecule has 18 heteroatoms. The van der Waals surface area contributed by atoms with Crippen LogP contribution in [0.25, 0.3) is 21.9 Å². The average Bonchev–Trinajstić information content (AvgIpc) is 3.82. The van der Waals surface area contributed by atoms with Crippen LogP contribution in [0.4, 0.5) is 15.4 Å². The Morgan fingerprint density at radius 1 is 1.00 bits per heavy atom. The molecule has 2 aromatic carbocycles. The minimum Gasteiger partial charge on any atom is -0.461 e. The molecular weight excluding hydrogens is 687 g/mol. The summed E-state index contributed by atoms with van der Waals surface area (Å²) in [6, 6.07) is 11.6. The first-order chi connectivity index (χ1) is 24.6. The first-order valence-corrected chi connectivity index (χ1v) is 18.2. The number of fused-ring (bicyclic) bond motifs is 3. The number of carbonyl (C=O) groups excluding carboxylic acids is 3. The van der Waals surface area contributed by atoms with Crippen molar-refractivity contribution < 1.29 is 51.7 Å². The van der Waals surface area contributed by atoms with E-state index in [1.54, 1.807) is 19.1 Å². The van der Waals surface area contributed by atoms with Gasteiger partial charge in [0.1, 0.15) is 30.3 Å². The molecule has 7 atom stereocenters. The highest BCUT2D eigenvalue weighted by Gasteiger charge is 2.58. The Labute approximate surface area is 291 Å². The minimum absolute atomic E-state index is 0.0850. The topological polar surface area (TPSA) is 201 Å². The molecule has 4 heterocycles. The molecule has 1 amide bonds. The Morgan fingerprint density at radius 2 is 1.76 bits per heavy atom. The van der Waals surface area contributed by atoms with Crippen LogP contribution >= 0.6 is 7.75 Å². The van der Waals surface area contributed by atoms with Gasteiger partial charge < -0.3 is 28.2 Å². The summed E-state index contributed by atoms with van der Waals surface area (Å²) >= 11 is 0. The third-order valence-corrected chi connectivity index (χ3v) is 10.8. The van der Waals surface area contributed by atoms with Crippen molar-refractivity contribution in [3.8, 4) is 5.75 Å². The van der Waals surface area contributed by atoms with Gasteiger partial charge in [0.05, 0.1) is 19.5 Å². The molecule has 17 nitrogen and oxygen atoms in total. The van der Waals surface area contributed by atoms with E-state index in [9.17, 15) is 18.9 Å². The van der Waals surface area contributed by atoms with Crippen molar-refractivity contribution >= 4 is 53.7 Å². The Balaban J connectivity index is 1.16. The monoisotopic (exact) mass is 724 g/mol. The zero-order chi connectivity index (χ0) is 35.7. The molecule has 3 fully saturated rings. The Bertz CT molecular complexity index is 1980. The van der Waals surface area contributed by atoms with Crippen LogP contribution in [-0.2, 0) is 37.6 Å². The first-order valence-electron chi connectivity index (χ1n) is 16.6. The van der Waals surface area contributed by atoms with E-state index in [0.29, 0.717) is 5.39 Å². The number of rotatable bonds is 11. The molecule has 2 aliphatic heterocycles. The van der Waals surface area contributed by atoms with Gasteiger partial charge in [-0.2, -0.15) is 5.09 Å². The van der Waals surface area contributed by atoms with Crippen LogP contribution in [0.15, 0.2) is 55.1 Å². The first kappa shape index (κ1) is 34.6. The number of anilines is 1. The van der Waals surface area contributed by atoms with E-state index in [0.717, 1.165) is 37.5 Å². The lowest BCUT2D eigenvalue weighted by atomic mass is 9.98. The minimum atomic E-state index is -4.42. The summed E-state index contributed by atoms with van der Waals surface area (Å²) < 4.78 is 56.4. The zero-order valence-corrected chi connectivity index (χ0v) is 28.9. The number of aromatic nitrogens is 4. The van der Waals surface area contributed by atoms with Crippen molar-refractivity contribution in [3.05, 3.63) is 55.1 Å². The number of carbonyl (C=O) groups is 3. The number of benzene rings is 2. The molecule has 2 N–H and O–H groups in total. The lowest BCUT2D eigenvalue weighted by Gasteiger charge is -2.30. The van der Waals surface area contributed by atoms with Crippen LogP contribution < -0.4 is 14.9 Å². The van der Waals surface area contributed by atoms with Crippen molar-refractivity contribution in [2.24, 2.45) is 0 Å². The van der Waals surface area contributed by atoms with Crippen molar-refractivity contribution in [1.82, 2.24) is 24.6 Å². The SMILES string of the molecule is COC(=O)Nc1ncnc2c1ncn2[C@@H]1O[C@H]([C@H](C)OP(=O)(N[C@@H](C)C(=O)OC2CCCCC2)Oc2cccc3ccccc23)[C@H]2OC(=O)O[C@H]21. The number of methoxy groups -OCH3 is 1. The summed E-state index contributed by atoms with van der Waals surface area (Å²) in [5.41, 5.74) is 0.460. The number of hydrogen-bond donors (Lipinski definition) is 2. The van der Waals surface area contributed by atoms with E-state index in [4.69, 9.17) is 28.0 Å². The summed E-state index contributed by atoms with van der Waals surface area (Å²) in [6.07, 6.45) is 0.0903. The van der Waals surface area contributed by atoms with E-state index in [1.807, 2.05) is 30.3 Å². The Kier molecular flexibility index (Phi) is 9.79. The number of ether oxygens (including phenoxy) is 5. The van der Waals surface area contributed by atoms with Crippen LogP contribution in [0, 0.1) is 0 Å². The van der Waals surface area contributed by atoms with Crippen molar-refractivity contribution in [3.63, 3.8) is 0 Å². The maximum absolute atomic E-state index is 14.8. The zero-order valence-electron chi connectivity index (χ0n) is 28.0. The predicted molar refractivity (Wildman–Crippen MR) is 179 cm³/mol. The second-order valence-corrected chi connectivity index (χ2v) is 14.1. The molecule has 51 heavy (non-hydrogen) atoms. The number of esters is 1. The number of amides is 1. The fourth-order valence-electron chi connectivity index (χ4n) is 6.55. The van der Waals surface area contributed by atoms with Gasteiger partial charge in [-0.3, -0.25) is 19.2 Å². The van der Waals surface area contributed by atoms with Gasteiger partial charge in [-0.15, -0.1) is 0 Å². The molecule has 2 aromatic heterocycles. The summed E-state index contributed by atoms with van der Waals surface area (Å²) in [5, 5.41) is 6.75. The van der Waals surface area contributed by atoms with E-state index in [2.05, 4.69) is 30.1 Å². The molecule has 4 aromatic rings. The second-order valence-electron chi connectivity index (χ2n) is 12.5. The molecule has 7 rings (SSSR count). The van der Waals surface area contributed by atoms with Crippen molar-refractivity contribution in [2.75, 3.05) is 12.4 Å². The number of nitrogens with one attached hydrogen (secondary N) is 2. The fraction of sp³-hybridized carbons (Fsp3) is 0.455. The summed E-state index contributed by atoms with van der Waals surface area (Å²) in [4.78, 5) is 50.2. The molecule has 1 saturated carbocycles. The third-order valence-electron chi connectivity index (χ3n) is 9.00. The third kappa shape index (κ3) is 7.19. The Hall–Kier alpha value is -4.83. The van der Waals surface area contributed by atoms with Gasteiger partial charge in [0, 0.05) is 5.39 Å². The normalized spacial score (nSPS) is 24.2. The standard InChI is InChI=1S/C33H37N6O11P/c1-18(31(40)45-21-12-5-4-6-13-21)38-51(43,50-23-15-9-11-20-10-7-8-14-22(20)23)49-19(2)25-26-27(48-33(42)47-26)30(46-25)39-17-36-24-28(37-32(41)44-3)34-16-35-29(24)39/h7-11,14-19,21,25-27,30H,4-6,12-13H2,1-3H3,(H,38,43)(H,34,35,37,41)/t18-,19-,25+,26+,27+,30+,51?/m0/s1. The average molecular weight is 725 g/mol. The van der Waals surface area contributed by atoms with Crippen molar-refractivity contribution in [1.29, 1.82) is 0 Å². The predicted octanol–water partition coefficient (Wildman–Crippen LogP) is 5.41. The number of nitrogens with zero attached hydrogens (tertiary/aromatic N) is 4. The molecular formula is C33H37N6O11P. The number of hydrogen-bond acceptors (Lipinski definition) is 14. The highest BCUT2D eigenvalue weighted by atomic mass is 31.2. The lowest BCUT2D eigenvalue weighted by molar-refractivity contribution is -0.152. The number of imidazole rings is 1. The van der Waals surface area contributed by atoms with Gasteiger partial charge in [-0.25, -0.2) is 29.1 Å². The quantitative estimate of drug-likeness (QED) is 0.113. The molecule has 2 saturated heterocycles.